The number of carbonyl (C=O) groups is 2. The van der Waals surface area contributed by atoms with Crippen LogP contribution in [0, 0.1) is 0 Å². The van der Waals surface area contributed by atoms with E-state index in [1.54, 1.807) is 12.1 Å². The van der Waals surface area contributed by atoms with E-state index in [0.29, 0.717) is 25.2 Å². The van der Waals surface area contributed by atoms with Crippen LogP contribution in [0.4, 0.5) is 4.79 Å². The first-order valence-electron chi connectivity index (χ1n) is 7.02. The lowest BCUT2D eigenvalue weighted by Gasteiger charge is -2.19. The molecular formula is C15H23N3O4. The summed E-state index contributed by atoms with van der Waals surface area (Å²) in [4.78, 5) is 26.8. The van der Waals surface area contributed by atoms with E-state index in [2.05, 4.69) is 20.4 Å². The van der Waals surface area contributed by atoms with E-state index in [-0.39, 0.29) is 0 Å². The lowest BCUT2D eigenvalue weighted by molar-refractivity contribution is 0.0527. The van der Waals surface area contributed by atoms with E-state index >= 15 is 0 Å². The average molecular weight is 309 g/mol. The van der Waals surface area contributed by atoms with Crippen LogP contribution in [0.1, 0.15) is 36.8 Å². The zero-order valence-corrected chi connectivity index (χ0v) is 13.4. The number of rotatable bonds is 6. The third kappa shape index (κ3) is 7.03. The molecule has 0 unspecified atom stereocenters. The Hall–Kier alpha value is -2.15. The summed E-state index contributed by atoms with van der Waals surface area (Å²) < 4.78 is 9.71. The molecule has 0 aromatic carbocycles. The van der Waals surface area contributed by atoms with Gasteiger partial charge >= 0.3 is 12.1 Å². The number of hydrogen-bond donors (Lipinski definition) is 2. The predicted molar refractivity (Wildman–Crippen MR) is 81.5 cm³/mol. The van der Waals surface area contributed by atoms with E-state index < -0.39 is 17.7 Å². The molecule has 1 heterocycles. The average Bonchev–Trinajstić information content (AvgIpc) is 2.45. The summed E-state index contributed by atoms with van der Waals surface area (Å²) in [5, 5.41) is 5.79. The Morgan fingerprint density at radius 1 is 1.23 bits per heavy atom. The van der Waals surface area contributed by atoms with Gasteiger partial charge in [-0.25, -0.2) is 9.59 Å². The van der Waals surface area contributed by atoms with Crippen molar-refractivity contribution in [2.45, 2.75) is 32.9 Å². The van der Waals surface area contributed by atoms with Crippen LogP contribution in [0.5, 0.6) is 0 Å². The van der Waals surface area contributed by atoms with Gasteiger partial charge in [-0.15, -0.1) is 0 Å². The second-order valence-electron chi connectivity index (χ2n) is 5.64. The maximum atomic E-state index is 11.4. The minimum atomic E-state index is -0.497. The molecule has 0 aliphatic carbocycles. The molecule has 7 nitrogen and oxygen atoms in total. The molecule has 7 heteroatoms. The molecule has 1 rings (SSSR count). The molecule has 0 radical (unpaired) electrons. The Labute approximate surface area is 130 Å². The Morgan fingerprint density at radius 3 is 2.50 bits per heavy atom. The molecule has 1 aromatic heterocycles. The first-order chi connectivity index (χ1) is 10.3. The van der Waals surface area contributed by atoms with Crippen LogP contribution in [0.15, 0.2) is 18.3 Å². The van der Waals surface area contributed by atoms with Crippen molar-refractivity contribution in [3.05, 3.63) is 29.6 Å². The Balaban J connectivity index is 2.22. The third-order valence-corrected chi connectivity index (χ3v) is 2.52. The van der Waals surface area contributed by atoms with Gasteiger partial charge in [0.1, 0.15) is 5.60 Å². The maximum absolute atomic E-state index is 11.4. The number of hydrogen-bond acceptors (Lipinski definition) is 6. The molecule has 0 saturated heterocycles. The minimum absolute atomic E-state index is 0.409. The van der Waals surface area contributed by atoms with Gasteiger partial charge in [-0.2, -0.15) is 0 Å². The lowest BCUT2D eigenvalue weighted by Crippen LogP contribution is -2.36. The number of nitrogens with zero attached hydrogens (tertiary/aromatic N) is 1. The molecule has 0 fully saturated rings. The lowest BCUT2D eigenvalue weighted by atomic mass is 10.2. The van der Waals surface area contributed by atoms with Crippen LogP contribution in [-0.2, 0) is 16.0 Å². The quantitative estimate of drug-likeness (QED) is 0.611. The zero-order chi connectivity index (χ0) is 16.6. The molecule has 0 spiro atoms. The SMILES string of the molecule is COC(=O)c1ccc(CNCCNC(=O)OC(C)(C)C)nc1. The third-order valence-electron chi connectivity index (χ3n) is 2.52. The van der Waals surface area contributed by atoms with Gasteiger partial charge < -0.3 is 20.1 Å². The highest BCUT2D eigenvalue weighted by Gasteiger charge is 2.15. The predicted octanol–water partition coefficient (Wildman–Crippen LogP) is 1.48. The smallest absolute Gasteiger partial charge is 0.407 e. The number of aromatic nitrogens is 1. The van der Waals surface area contributed by atoms with Gasteiger partial charge in [-0.3, -0.25) is 4.98 Å². The summed E-state index contributed by atoms with van der Waals surface area (Å²) in [5.41, 5.74) is 0.714. The van der Waals surface area contributed by atoms with Crippen LogP contribution in [0.3, 0.4) is 0 Å². The van der Waals surface area contributed by atoms with Crippen LogP contribution in [0.25, 0.3) is 0 Å². The van der Waals surface area contributed by atoms with Gasteiger partial charge in [0.25, 0.3) is 0 Å². The molecule has 0 aliphatic heterocycles. The van der Waals surface area contributed by atoms with Crippen molar-refractivity contribution in [3.63, 3.8) is 0 Å². The van der Waals surface area contributed by atoms with E-state index in [0.717, 1.165) is 5.69 Å². The molecule has 1 amide bonds. The first-order valence-corrected chi connectivity index (χ1v) is 7.02. The van der Waals surface area contributed by atoms with E-state index in [4.69, 9.17) is 4.74 Å². The van der Waals surface area contributed by atoms with Gasteiger partial charge in [0.05, 0.1) is 18.4 Å². The van der Waals surface area contributed by atoms with Gasteiger partial charge in [0.15, 0.2) is 0 Å². The second-order valence-corrected chi connectivity index (χ2v) is 5.64. The summed E-state index contributed by atoms with van der Waals surface area (Å²) >= 11 is 0. The molecule has 2 N–H and O–H groups in total. The molecule has 0 bridgehead atoms. The van der Waals surface area contributed by atoms with Crippen molar-refractivity contribution in [2.24, 2.45) is 0 Å². The molecule has 22 heavy (non-hydrogen) atoms. The Morgan fingerprint density at radius 2 is 1.95 bits per heavy atom. The Bertz CT molecular complexity index is 495. The number of methoxy groups -OCH3 is 1. The molecule has 122 valence electrons. The molecular weight excluding hydrogens is 286 g/mol. The fourth-order valence-corrected chi connectivity index (χ4v) is 1.55. The molecule has 0 atom stereocenters. The van der Waals surface area contributed by atoms with E-state index in [1.165, 1.54) is 13.3 Å². The maximum Gasteiger partial charge on any atom is 0.407 e. The van der Waals surface area contributed by atoms with Gasteiger partial charge in [0.2, 0.25) is 0 Å². The number of esters is 1. The van der Waals surface area contributed by atoms with Gasteiger partial charge in [-0.05, 0) is 32.9 Å². The largest absolute Gasteiger partial charge is 0.465 e. The summed E-state index contributed by atoms with van der Waals surface area (Å²) in [6, 6.07) is 3.41. The zero-order valence-electron chi connectivity index (χ0n) is 13.4. The number of amides is 1. The number of carbonyl (C=O) groups excluding carboxylic acids is 2. The minimum Gasteiger partial charge on any atom is -0.465 e. The van der Waals surface area contributed by atoms with Crippen LogP contribution in [-0.4, -0.2) is 42.8 Å². The highest BCUT2D eigenvalue weighted by Crippen LogP contribution is 2.06. The molecule has 0 saturated carbocycles. The molecule has 0 aliphatic rings. The van der Waals surface area contributed by atoms with Crippen LogP contribution >= 0.6 is 0 Å². The highest BCUT2D eigenvalue weighted by molar-refractivity contribution is 5.88. The van der Waals surface area contributed by atoms with Crippen molar-refractivity contribution in [3.8, 4) is 0 Å². The monoisotopic (exact) mass is 309 g/mol. The van der Waals surface area contributed by atoms with Crippen molar-refractivity contribution >= 4 is 12.1 Å². The molecule has 1 aromatic rings. The number of nitrogens with one attached hydrogen (secondary N) is 2. The highest BCUT2D eigenvalue weighted by atomic mass is 16.6. The second kappa shape index (κ2) is 8.33. The number of pyridine rings is 1. The van der Waals surface area contributed by atoms with Crippen molar-refractivity contribution in [2.75, 3.05) is 20.2 Å². The fourth-order valence-electron chi connectivity index (χ4n) is 1.55. The van der Waals surface area contributed by atoms with Crippen molar-refractivity contribution in [1.82, 2.24) is 15.6 Å². The van der Waals surface area contributed by atoms with Crippen molar-refractivity contribution in [1.29, 1.82) is 0 Å². The van der Waals surface area contributed by atoms with Gasteiger partial charge in [-0.1, -0.05) is 0 Å². The number of alkyl carbamates (subject to hydrolysis) is 1. The number of ether oxygens (including phenoxy) is 2. The fraction of sp³-hybridized carbons (Fsp3) is 0.533. The summed E-state index contributed by atoms with van der Waals surface area (Å²) in [6.45, 7) is 7.02. The van der Waals surface area contributed by atoms with E-state index in [9.17, 15) is 9.59 Å². The van der Waals surface area contributed by atoms with Gasteiger partial charge in [0, 0.05) is 25.8 Å². The Kier molecular flexibility index (Phi) is 6.78. The summed E-state index contributed by atoms with van der Waals surface area (Å²) in [5.74, 6) is -0.409. The summed E-state index contributed by atoms with van der Waals surface area (Å²) in [7, 11) is 1.33. The van der Waals surface area contributed by atoms with Crippen LogP contribution < -0.4 is 10.6 Å². The standard InChI is InChI=1S/C15H23N3O4/c1-15(2,3)22-14(20)17-8-7-16-10-12-6-5-11(9-18-12)13(19)21-4/h5-6,9,16H,7-8,10H2,1-4H3,(H,17,20). The first kappa shape index (κ1) is 17.9. The van der Waals surface area contributed by atoms with E-state index in [1.807, 2.05) is 20.8 Å². The topological polar surface area (TPSA) is 89.6 Å². The summed E-state index contributed by atoms with van der Waals surface area (Å²) in [6.07, 6.45) is 1.04. The van der Waals surface area contributed by atoms with Crippen LogP contribution in [0.2, 0.25) is 0 Å². The normalized spacial score (nSPS) is 10.9. The van der Waals surface area contributed by atoms with Crippen molar-refractivity contribution < 1.29 is 19.1 Å².